The Hall–Kier alpha value is -2.23. The Morgan fingerprint density at radius 2 is 1.62 bits per heavy atom. The van der Waals surface area contributed by atoms with Crippen LogP contribution in [0.1, 0.15) is 28.8 Å². The Labute approximate surface area is 177 Å². The van der Waals surface area contributed by atoms with Gasteiger partial charge in [0.2, 0.25) is 15.9 Å². The second kappa shape index (κ2) is 9.06. The number of amides is 1. The number of aromatic carboxylic acids is 1. The number of halogens is 1. The van der Waals surface area contributed by atoms with E-state index in [1.165, 1.54) is 16.4 Å². The minimum absolute atomic E-state index is 0.0624. The second-order valence-corrected chi connectivity index (χ2v) is 9.81. The number of hydrogen-bond donors (Lipinski definition) is 2. The maximum absolute atomic E-state index is 12.7. The van der Waals surface area contributed by atoms with Crippen molar-refractivity contribution in [1.29, 1.82) is 0 Å². The molecule has 0 atom stereocenters. The third-order valence-corrected chi connectivity index (χ3v) is 7.26. The fourth-order valence-corrected chi connectivity index (χ4v) is 5.05. The van der Waals surface area contributed by atoms with E-state index in [-0.39, 0.29) is 23.1 Å². The monoisotopic (exact) mass is 480 g/mol. The van der Waals surface area contributed by atoms with Crippen LogP contribution in [0.5, 0.6) is 0 Å². The first-order valence-electron chi connectivity index (χ1n) is 9.11. The molecule has 1 aliphatic heterocycles. The molecule has 29 heavy (non-hydrogen) atoms. The minimum Gasteiger partial charge on any atom is -0.478 e. The van der Waals surface area contributed by atoms with Gasteiger partial charge in [0.1, 0.15) is 0 Å². The first-order chi connectivity index (χ1) is 13.7. The van der Waals surface area contributed by atoms with Crippen LogP contribution in [0.3, 0.4) is 0 Å². The summed E-state index contributed by atoms with van der Waals surface area (Å²) in [6, 6.07) is 13.1. The Bertz CT molecular complexity index is 983. The van der Waals surface area contributed by atoms with Gasteiger partial charge in [-0.25, -0.2) is 17.5 Å². The van der Waals surface area contributed by atoms with E-state index in [2.05, 4.69) is 21.2 Å². The highest BCUT2D eigenvalue weighted by Gasteiger charge is 2.31. The molecule has 1 aliphatic rings. The number of benzene rings is 2. The smallest absolute Gasteiger partial charge is 0.335 e. The van der Waals surface area contributed by atoms with Gasteiger partial charge < -0.3 is 10.4 Å². The van der Waals surface area contributed by atoms with E-state index < -0.39 is 16.0 Å². The van der Waals surface area contributed by atoms with Gasteiger partial charge >= 0.3 is 5.97 Å². The predicted octanol–water partition coefficient (Wildman–Crippen LogP) is 3.33. The quantitative estimate of drug-likeness (QED) is 0.659. The molecule has 2 aromatic rings. The summed E-state index contributed by atoms with van der Waals surface area (Å²) in [6.45, 7) is 0.601. The minimum atomic E-state index is -3.44. The highest BCUT2D eigenvalue weighted by Crippen LogP contribution is 2.23. The van der Waals surface area contributed by atoms with Gasteiger partial charge in [0.15, 0.2) is 0 Å². The van der Waals surface area contributed by atoms with Crippen molar-refractivity contribution in [2.45, 2.75) is 18.6 Å². The van der Waals surface area contributed by atoms with Gasteiger partial charge in [0.05, 0.1) is 11.3 Å². The number of nitrogens with zero attached hydrogens (tertiary/aromatic N) is 1. The summed E-state index contributed by atoms with van der Waals surface area (Å²) in [5, 5.41) is 11.7. The molecule has 3 rings (SSSR count). The van der Waals surface area contributed by atoms with Crippen molar-refractivity contribution in [3.8, 4) is 0 Å². The number of carbonyl (C=O) groups excluding carboxylic acids is 1. The van der Waals surface area contributed by atoms with Crippen molar-refractivity contribution >= 4 is 43.5 Å². The molecule has 2 aromatic carbocycles. The van der Waals surface area contributed by atoms with Crippen LogP contribution >= 0.6 is 15.9 Å². The Morgan fingerprint density at radius 1 is 1.03 bits per heavy atom. The van der Waals surface area contributed by atoms with Crippen LogP contribution in [0.4, 0.5) is 5.69 Å². The molecule has 0 unspecified atom stereocenters. The first-order valence-corrected chi connectivity index (χ1v) is 11.5. The van der Waals surface area contributed by atoms with Crippen molar-refractivity contribution in [3.05, 3.63) is 64.1 Å². The van der Waals surface area contributed by atoms with Crippen LogP contribution in [0, 0.1) is 5.92 Å². The normalized spacial score (nSPS) is 15.8. The van der Waals surface area contributed by atoms with Gasteiger partial charge in [-0.05, 0) is 54.8 Å². The molecule has 2 N–H and O–H groups in total. The molecule has 1 saturated heterocycles. The SMILES string of the molecule is O=C(O)c1ccc(NC(=O)C2CCN(S(=O)(=O)Cc3ccc(Br)cc3)CC2)cc1. The lowest BCUT2D eigenvalue weighted by Gasteiger charge is -2.30. The van der Waals surface area contributed by atoms with Gasteiger partial charge in [-0.15, -0.1) is 0 Å². The lowest BCUT2D eigenvalue weighted by molar-refractivity contribution is -0.120. The molecule has 154 valence electrons. The zero-order valence-electron chi connectivity index (χ0n) is 15.5. The predicted molar refractivity (Wildman–Crippen MR) is 113 cm³/mol. The topological polar surface area (TPSA) is 104 Å². The van der Waals surface area contributed by atoms with Crippen LogP contribution in [0.25, 0.3) is 0 Å². The van der Waals surface area contributed by atoms with Crippen LogP contribution in [0.2, 0.25) is 0 Å². The summed E-state index contributed by atoms with van der Waals surface area (Å²) >= 11 is 3.33. The van der Waals surface area contributed by atoms with Gasteiger partial charge in [-0.3, -0.25) is 4.79 Å². The van der Waals surface area contributed by atoms with Crippen LogP contribution in [-0.2, 0) is 20.6 Å². The number of carboxylic acid groups (broad SMARTS) is 1. The molecule has 7 nitrogen and oxygen atoms in total. The zero-order valence-corrected chi connectivity index (χ0v) is 17.9. The third-order valence-electron chi connectivity index (χ3n) is 4.88. The van der Waals surface area contributed by atoms with Gasteiger partial charge in [0, 0.05) is 29.2 Å². The Morgan fingerprint density at radius 3 is 2.17 bits per heavy atom. The molecule has 0 saturated carbocycles. The number of piperidine rings is 1. The highest BCUT2D eigenvalue weighted by atomic mass is 79.9. The van der Waals surface area contributed by atoms with Crippen molar-refractivity contribution in [3.63, 3.8) is 0 Å². The van der Waals surface area contributed by atoms with Crippen LogP contribution in [-0.4, -0.2) is 42.8 Å². The van der Waals surface area contributed by atoms with Gasteiger partial charge in [-0.1, -0.05) is 28.1 Å². The summed E-state index contributed by atoms with van der Waals surface area (Å²) in [6.07, 6.45) is 0.886. The molecule has 0 bridgehead atoms. The molecular formula is C20H21BrN2O5S. The molecule has 1 heterocycles. The number of hydrogen-bond acceptors (Lipinski definition) is 4. The molecular weight excluding hydrogens is 460 g/mol. The molecule has 0 radical (unpaired) electrons. The average Bonchev–Trinajstić information content (AvgIpc) is 2.70. The van der Waals surface area contributed by atoms with E-state index in [4.69, 9.17) is 5.11 Å². The molecule has 0 aliphatic carbocycles. The molecule has 0 spiro atoms. The number of carboxylic acids is 1. The fraction of sp³-hybridized carbons (Fsp3) is 0.300. The molecule has 1 fully saturated rings. The maximum atomic E-state index is 12.7. The Balaban J connectivity index is 1.54. The summed E-state index contributed by atoms with van der Waals surface area (Å²) in [4.78, 5) is 23.3. The summed E-state index contributed by atoms with van der Waals surface area (Å²) in [5.74, 6) is -1.56. The van der Waals surface area contributed by atoms with Crippen molar-refractivity contribution in [2.75, 3.05) is 18.4 Å². The van der Waals surface area contributed by atoms with E-state index in [0.717, 1.165) is 10.0 Å². The summed E-state index contributed by atoms with van der Waals surface area (Å²) in [7, 11) is -3.44. The van der Waals surface area contributed by atoms with Crippen molar-refractivity contribution in [1.82, 2.24) is 4.31 Å². The maximum Gasteiger partial charge on any atom is 0.335 e. The Kier molecular flexibility index (Phi) is 6.71. The standard InChI is InChI=1S/C20H21BrN2O5S/c21-17-5-1-14(2-6-17)13-29(27,28)23-11-9-15(10-12-23)19(24)22-18-7-3-16(4-8-18)20(25)26/h1-8,15H,9-13H2,(H,22,24)(H,25,26). The van der Waals surface area contributed by atoms with Crippen molar-refractivity contribution < 1.29 is 23.1 Å². The highest BCUT2D eigenvalue weighted by molar-refractivity contribution is 9.10. The largest absolute Gasteiger partial charge is 0.478 e. The fourth-order valence-electron chi connectivity index (χ4n) is 3.22. The van der Waals surface area contributed by atoms with Gasteiger partial charge in [-0.2, -0.15) is 0 Å². The lowest BCUT2D eigenvalue weighted by atomic mass is 9.97. The number of nitrogens with one attached hydrogen (secondary N) is 1. The number of rotatable bonds is 6. The first kappa shape index (κ1) is 21.5. The third kappa shape index (κ3) is 5.65. The van der Waals surface area contributed by atoms with Crippen LogP contribution in [0.15, 0.2) is 53.0 Å². The second-order valence-electron chi connectivity index (χ2n) is 6.93. The van der Waals surface area contributed by atoms with E-state index >= 15 is 0 Å². The van der Waals surface area contributed by atoms with E-state index in [1.54, 1.807) is 24.3 Å². The van der Waals surface area contributed by atoms with E-state index in [0.29, 0.717) is 31.6 Å². The average molecular weight is 481 g/mol. The zero-order chi connectivity index (χ0) is 21.0. The lowest BCUT2D eigenvalue weighted by Crippen LogP contribution is -2.41. The summed E-state index contributed by atoms with van der Waals surface area (Å²) < 4.78 is 27.7. The van der Waals surface area contributed by atoms with Crippen molar-refractivity contribution in [2.24, 2.45) is 5.92 Å². The molecule has 9 heteroatoms. The van der Waals surface area contributed by atoms with Gasteiger partial charge in [0.25, 0.3) is 0 Å². The molecule has 0 aromatic heterocycles. The van der Waals surface area contributed by atoms with E-state index in [1.807, 2.05) is 12.1 Å². The number of anilines is 1. The van der Waals surface area contributed by atoms with E-state index in [9.17, 15) is 18.0 Å². The number of sulfonamides is 1. The number of carbonyl (C=O) groups is 2. The molecule has 1 amide bonds. The van der Waals surface area contributed by atoms with Crippen LogP contribution < -0.4 is 5.32 Å². The summed E-state index contributed by atoms with van der Waals surface area (Å²) in [5.41, 5.74) is 1.38.